The molecule has 260 valence electrons. The van der Waals surface area contributed by atoms with E-state index in [1.165, 1.54) is 37.9 Å². The van der Waals surface area contributed by atoms with Gasteiger partial charge in [0.15, 0.2) is 23.2 Å². The molecule has 0 saturated carbocycles. The van der Waals surface area contributed by atoms with E-state index in [4.69, 9.17) is 21.5 Å². The van der Waals surface area contributed by atoms with Crippen molar-refractivity contribution >= 4 is 38.0 Å². The molecule has 56 heavy (non-hydrogen) atoms. The average molecular weight is 713 g/mol. The standard InChI is InChI=1S/C52H32N4/c1-53-41-29-27-35(28-30-41)34-23-25-36(26-24-34)46-32-48-45-22-11-9-20-43(45)47(33-49(48)44-21-10-8-19-42(44)46)39-17-12-18-40(31-39)52-55-50(37-13-4-2-5-14-37)54-51(56-52)38-15-6-3-7-16-38/h2-33H. The number of nitrogens with zero attached hydrogens (tertiary/aromatic N) is 4. The number of aromatic nitrogens is 3. The summed E-state index contributed by atoms with van der Waals surface area (Å²) >= 11 is 0. The Morgan fingerprint density at radius 2 is 0.679 bits per heavy atom. The number of benzene rings is 9. The monoisotopic (exact) mass is 712 g/mol. The minimum Gasteiger partial charge on any atom is -0.238 e. The van der Waals surface area contributed by atoms with Crippen molar-refractivity contribution in [1.29, 1.82) is 0 Å². The van der Waals surface area contributed by atoms with Crippen molar-refractivity contribution in [2.75, 3.05) is 0 Å². The van der Waals surface area contributed by atoms with Crippen molar-refractivity contribution in [2.45, 2.75) is 0 Å². The molecule has 1 aromatic heterocycles. The first-order chi connectivity index (χ1) is 27.7. The molecule has 4 nitrogen and oxygen atoms in total. The fourth-order valence-electron chi connectivity index (χ4n) is 7.76. The second kappa shape index (κ2) is 13.9. The van der Waals surface area contributed by atoms with Gasteiger partial charge in [0, 0.05) is 16.7 Å². The van der Waals surface area contributed by atoms with Crippen LogP contribution in [-0.2, 0) is 0 Å². The van der Waals surface area contributed by atoms with Gasteiger partial charge in [-0.05, 0) is 83.9 Å². The molecule has 0 saturated heterocycles. The van der Waals surface area contributed by atoms with Crippen LogP contribution in [0.25, 0.3) is 105 Å². The van der Waals surface area contributed by atoms with Crippen LogP contribution in [0, 0.1) is 6.57 Å². The fourth-order valence-corrected chi connectivity index (χ4v) is 7.76. The topological polar surface area (TPSA) is 43.0 Å². The maximum absolute atomic E-state index is 7.29. The largest absolute Gasteiger partial charge is 0.238 e. The first-order valence-electron chi connectivity index (χ1n) is 18.6. The molecule has 0 spiro atoms. The maximum Gasteiger partial charge on any atom is 0.187 e. The summed E-state index contributed by atoms with van der Waals surface area (Å²) in [5.41, 5.74) is 10.3. The van der Waals surface area contributed by atoms with Gasteiger partial charge in [-0.2, -0.15) is 0 Å². The number of rotatable bonds is 6. The summed E-state index contributed by atoms with van der Waals surface area (Å²) in [7, 11) is 0. The Balaban J connectivity index is 1.12. The highest BCUT2D eigenvalue weighted by molar-refractivity contribution is 6.23. The van der Waals surface area contributed by atoms with E-state index in [-0.39, 0.29) is 0 Å². The lowest BCUT2D eigenvalue weighted by Gasteiger charge is -2.16. The van der Waals surface area contributed by atoms with Gasteiger partial charge in [0.25, 0.3) is 0 Å². The Labute approximate surface area is 324 Å². The Morgan fingerprint density at radius 3 is 1.20 bits per heavy atom. The van der Waals surface area contributed by atoms with Crippen LogP contribution >= 0.6 is 0 Å². The van der Waals surface area contributed by atoms with Gasteiger partial charge in [-0.25, -0.2) is 19.8 Å². The van der Waals surface area contributed by atoms with Gasteiger partial charge < -0.3 is 0 Å². The molecule has 4 heteroatoms. The molecule has 0 aliphatic rings. The smallest absolute Gasteiger partial charge is 0.187 e. The second-order valence-corrected chi connectivity index (χ2v) is 13.9. The summed E-state index contributed by atoms with van der Waals surface area (Å²) in [6, 6.07) is 67.5. The number of fused-ring (bicyclic) bond motifs is 5. The van der Waals surface area contributed by atoms with E-state index in [2.05, 4.69) is 114 Å². The van der Waals surface area contributed by atoms with Crippen LogP contribution in [0.1, 0.15) is 0 Å². The van der Waals surface area contributed by atoms with E-state index in [1.54, 1.807) is 0 Å². The molecule has 0 aliphatic carbocycles. The van der Waals surface area contributed by atoms with E-state index < -0.39 is 0 Å². The van der Waals surface area contributed by atoms with E-state index in [1.807, 2.05) is 84.9 Å². The quantitative estimate of drug-likeness (QED) is 0.127. The highest BCUT2D eigenvalue weighted by Crippen LogP contribution is 2.42. The molecule has 1 heterocycles. The minimum absolute atomic E-state index is 0.631. The van der Waals surface area contributed by atoms with Crippen LogP contribution in [0.15, 0.2) is 194 Å². The predicted molar refractivity (Wildman–Crippen MR) is 231 cm³/mol. The molecule has 10 rings (SSSR count). The van der Waals surface area contributed by atoms with Gasteiger partial charge >= 0.3 is 0 Å². The number of hydrogen-bond donors (Lipinski definition) is 0. The molecule has 0 bridgehead atoms. The van der Waals surface area contributed by atoms with Crippen LogP contribution in [-0.4, -0.2) is 15.0 Å². The summed E-state index contributed by atoms with van der Waals surface area (Å²) in [5.74, 6) is 1.91. The zero-order valence-corrected chi connectivity index (χ0v) is 30.3. The third kappa shape index (κ3) is 5.94. The Morgan fingerprint density at radius 1 is 0.286 bits per heavy atom. The molecular formula is C52H32N4. The minimum atomic E-state index is 0.631. The molecule has 0 amide bonds. The molecule has 0 fully saturated rings. The van der Waals surface area contributed by atoms with E-state index in [0.717, 1.165) is 44.5 Å². The van der Waals surface area contributed by atoms with Crippen molar-refractivity contribution in [2.24, 2.45) is 0 Å². The van der Waals surface area contributed by atoms with Crippen molar-refractivity contribution in [3.05, 3.63) is 206 Å². The second-order valence-electron chi connectivity index (χ2n) is 13.9. The molecule has 0 radical (unpaired) electrons. The molecule has 9 aromatic carbocycles. The van der Waals surface area contributed by atoms with Crippen molar-refractivity contribution in [3.8, 4) is 67.5 Å². The maximum atomic E-state index is 7.29. The van der Waals surface area contributed by atoms with Gasteiger partial charge in [0.1, 0.15) is 0 Å². The first-order valence-corrected chi connectivity index (χ1v) is 18.6. The molecule has 0 N–H and O–H groups in total. The van der Waals surface area contributed by atoms with Gasteiger partial charge in [-0.3, -0.25) is 0 Å². The lowest BCUT2D eigenvalue weighted by molar-refractivity contribution is 1.07. The van der Waals surface area contributed by atoms with Crippen LogP contribution < -0.4 is 0 Å². The summed E-state index contributed by atoms with van der Waals surface area (Å²) < 4.78 is 0. The molecule has 0 aliphatic heterocycles. The Kier molecular flexibility index (Phi) is 8.17. The molecule has 0 atom stereocenters. The van der Waals surface area contributed by atoms with E-state index in [9.17, 15) is 0 Å². The zero-order valence-electron chi connectivity index (χ0n) is 30.3. The van der Waals surface area contributed by atoms with Gasteiger partial charge in [-0.15, -0.1) is 0 Å². The predicted octanol–water partition coefficient (Wildman–Crippen LogP) is 13.9. The lowest BCUT2D eigenvalue weighted by atomic mass is 9.87. The average Bonchev–Trinajstić information content (AvgIpc) is 3.29. The van der Waals surface area contributed by atoms with Gasteiger partial charge in [0.05, 0.1) is 6.57 Å². The fraction of sp³-hybridized carbons (Fsp3) is 0. The first kappa shape index (κ1) is 32.9. The summed E-state index contributed by atoms with van der Waals surface area (Å²) in [6.07, 6.45) is 0. The molecule has 10 aromatic rings. The van der Waals surface area contributed by atoms with Crippen LogP contribution in [0.2, 0.25) is 0 Å². The SMILES string of the molecule is [C-]#[N+]c1ccc(-c2ccc(-c3cc4c5ccccc5c(-c5cccc(-c6nc(-c7ccccc7)nc(-c7ccccc7)n6)c5)cc4c4ccccc34)cc2)cc1. The van der Waals surface area contributed by atoms with Crippen LogP contribution in [0.5, 0.6) is 0 Å². The van der Waals surface area contributed by atoms with Gasteiger partial charge in [0.2, 0.25) is 0 Å². The summed E-state index contributed by atoms with van der Waals surface area (Å²) in [4.78, 5) is 18.5. The highest BCUT2D eigenvalue weighted by atomic mass is 15.0. The number of hydrogen-bond acceptors (Lipinski definition) is 3. The van der Waals surface area contributed by atoms with Crippen molar-refractivity contribution in [1.82, 2.24) is 15.0 Å². The molecular weight excluding hydrogens is 681 g/mol. The lowest BCUT2D eigenvalue weighted by Crippen LogP contribution is -2.00. The highest BCUT2D eigenvalue weighted by Gasteiger charge is 2.17. The Bertz CT molecular complexity index is 3050. The summed E-state index contributed by atoms with van der Waals surface area (Å²) in [5, 5.41) is 7.22. The normalized spacial score (nSPS) is 11.2. The van der Waals surface area contributed by atoms with Crippen LogP contribution in [0.4, 0.5) is 5.69 Å². The third-order valence-electron chi connectivity index (χ3n) is 10.5. The van der Waals surface area contributed by atoms with Gasteiger partial charge in [-0.1, -0.05) is 176 Å². The van der Waals surface area contributed by atoms with Crippen molar-refractivity contribution < 1.29 is 0 Å². The third-order valence-corrected chi connectivity index (χ3v) is 10.5. The Hall–Kier alpha value is -7.74. The van der Waals surface area contributed by atoms with E-state index in [0.29, 0.717) is 23.2 Å². The van der Waals surface area contributed by atoms with Crippen LogP contribution in [0.3, 0.4) is 0 Å². The molecule has 0 unspecified atom stereocenters. The summed E-state index contributed by atoms with van der Waals surface area (Å²) in [6.45, 7) is 7.29. The zero-order chi connectivity index (χ0) is 37.4. The van der Waals surface area contributed by atoms with Crippen molar-refractivity contribution in [3.63, 3.8) is 0 Å². The van der Waals surface area contributed by atoms with E-state index >= 15 is 0 Å².